The second-order valence-electron chi connectivity index (χ2n) is 4.96. The van der Waals surface area contributed by atoms with Crippen molar-refractivity contribution >= 4 is 11.8 Å². The largest absolute Gasteiger partial charge is 0.497 e. The summed E-state index contributed by atoms with van der Waals surface area (Å²) in [5.74, 6) is -0.567. The van der Waals surface area contributed by atoms with Crippen LogP contribution < -0.4 is 4.74 Å². The van der Waals surface area contributed by atoms with Gasteiger partial charge in [0, 0.05) is 13.1 Å². The standard InChI is InChI=1S/C15H21NO4/c1-11(15(18)19)8-16(9-12(2)17)10-13-4-6-14(20-3)7-5-13/h4-7,11H,8-10H2,1-3H3,(H,18,19). The normalized spacial score (nSPS) is 12.2. The molecule has 0 radical (unpaired) electrons. The van der Waals surface area contributed by atoms with Crippen LogP contribution in [0.25, 0.3) is 0 Å². The number of carbonyl (C=O) groups excluding carboxylic acids is 1. The zero-order valence-electron chi connectivity index (χ0n) is 12.1. The molecule has 0 saturated heterocycles. The molecule has 5 heteroatoms. The minimum Gasteiger partial charge on any atom is -0.497 e. The number of rotatable bonds is 8. The minimum absolute atomic E-state index is 0.0242. The van der Waals surface area contributed by atoms with E-state index >= 15 is 0 Å². The van der Waals surface area contributed by atoms with Gasteiger partial charge in [-0.25, -0.2) is 0 Å². The van der Waals surface area contributed by atoms with Crippen molar-refractivity contribution < 1.29 is 19.4 Å². The van der Waals surface area contributed by atoms with Crippen LogP contribution in [0.3, 0.4) is 0 Å². The van der Waals surface area contributed by atoms with Gasteiger partial charge in [-0.15, -0.1) is 0 Å². The maximum atomic E-state index is 11.3. The van der Waals surface area contributed by atoms with Crippen LogP contribution in [0.1, 0.15) is 19.4 Å². The van der Waals surface area contributed by atoms with E-state index in [1.807, 2.05) is 29.2 Å². The number of benzene rings is 1. The number of ether oxygens (including phenoxy) is 1. The van der Waals surface area contributed by atoms with Crippen molar-refractivity contribution in [3.8, 4) is 5.75 Å². The summed E-state index contributed by atoms with van der Waals surface area (Å²) in [5.41, 5.74) is 1.02. The van der Waals surface area contributed by atoms with Crippen LogP contribution in [-0.2, 0) is 16.1 Å². The second kappa shape index (κ2) is 7.65. The van der Waals surface area contributed by atoms with E-state index in [0.717, 1.165) is 11.3 Å². The first-order valence-corrected chi connectivity index (χ1v) is 6.50. The van der Waals surface area contributed by atoms with Gasteiger partial charge in [-0.3, -0.25) is 14.5 Å². The molecule has 0 saturated carbocycles. The van der Waals surface area contributed by atoms with Gasteiger partial charge in [0.1, 0.15) is 11.5 Å². The van der Waals surface area contributed by atoms with Gasteiger partial charge in [0.15, 0.2) is 0 Å². The van der Waals surface area contributed by atoms with Gasteiger partial charge in [0.05, 0.1) is 19.6 Å². The van der Waals surface area contributed by atoms with Crippen LogP contribution in [0.15, 0.2) is 24.3 Å². The number of carboxylic acids is 1. The van der Waals surface area contributed by atoms with E-state index in [0.29, 0.717) is 13.1 Å². The van der Waals surface area contributed by atoms with E-state index in [1.54, 1.807) is 14.0 Å². The van der Waals surface area contributed by atoms with Crippen LogP contribution in [0.2, 0.25) is 0 Å². The van der Waals surface area contributed by atoms with E-state index in [4.69, 9.17) is 9.84 Å². The third-order valence-electron chi connectivity index (χ3n) is 2.97. The first-order valence-electron chi connectivity index (χ1n) is 6.50. The van der Waals surface area contributed by atoms with Crippen molar-refractivity contribution in [2.45, 2.75) is 20.4 Å². The number of hydrogen-bond acceptors (Lipinski definition) is 4. The van der Waals surface area contributed by atoms with E-state index in [2.05, 4.69) is 0 Å². The molecule has 20 heavy (non-hydrogen) atoms. The zero-order valence-corrected chi connectivity index (χ0v) is 12.1. The molecule has 0 bridgehead atoms. The monoisotopic (exact) mass is 279 g/mol. The summed E-state index contributed by atoms with van der Waals surface area (Å²) < 4.78 is 5.09. The Hall–Kier alpha value is -1.88. The average molecular weight is 279 g/mol. The van der Waals surface area contributed by atoms with Crippen molar-refractivity contribution in [1.82, 2.24) is 4.90 Å². The number of carbonyl (C=O) groups is 2. The van der Waals surface area contributed by atoms with Crippen molar-refractivity contribution in [3.63, 3.8) is 0 Å². The molecule has 5 nitrogen and oxygen atoms in total. The number of Topliss-reactive ketones (excluding diaryl/α,β-unsaturated/α-hetero) is 1. The summed E-state index contributed by atoms with van der Waals surface area (Å²) >= 11 is 0. The lowest BCUT2D eigenvalue weighted by molar-refractivity contribution is -0.142. The highest BCUT2D eigenvalue weighted by Crippen LogP contribution is 2.14. The number of ketones is 1. The Labute approximate surface area is 119 Å². The van der Waals surface area contributed by atoms with Gasteiger partial charge < -0.3 is 9.84 Å². The van der Waals surface area contributed by atoms with E-state index in [-0.39, 0.29) is 12.3 Å². The van der Waals surface area contributed by atoms with Crippen molar-refractivity contribution in [2.24, 2.45) is 5.92 Å². The maximum Gasteiger partial charge on any atom is 0.307 e. The number of methoxy groups -OCH3 is 1. The molecule has 1 atom stereocenters. The molecule has 1 aromatic rings. The summed E-state index contributed by atoms with van der Waals surface area (Å²) in [6.45, 7) is 4.29. The lowest BCUT2D eigenvalue weighted by Gasteiger charge is -2.23. The highest BCUT2D eigenvalue weighted by molar-refractivity contribution is 5.77. The molecule has 1 aromatic carbocycles. The topological polar surface area (TPSA) is 66.8 Å². The molecule has 0 amide bonds. The molecule has 0 aliphatic heterocycles. The van der Waals surface area contributed by atoms with Crippen LogP contribution in [0.4, 0.5) is 0 Å². The quantitative estimate of drug-likeness (QED) is 0.786. The van der Waals surface area contributed by atoms with Crippen LogP contribution in [0.5, 0.6) is 5.75 Å². The Kier molecular flexibility index (Phi) is 6.18. The molecule has 0 aliphatic carbocycles. The molecule has 0 heterocycles. The number of nitrogens with zero attached hydrogens (tertiary/aromatic N) is 1. The van der Waals surface area contributed by atoms with Crippen LogP contribution in [-0.4, -0.2) is 42.0 Å². The Morgan fingerprint density at radius 1 is 1.30 bits per heavy atom. The summed E-state index contributed by atoms with van der Waals surface area (Å²) in [6, 6.07) is 7.53. The first-order chi connectivity index (χ1) is 9.42. The molecule has 0 aromatic heterocycles. The molecule has 1 N–H and O–H groups in total. The second-order valence-corrected chi connectivity index (χ2v) is 4.96. The van der Waals surface area contributed by atoms with Gasteiger partial charge in [0.2, 0.25) is 0 Å². The molecular formula is C15H21NO4. The number of carboxylic acid groups (broad SMARTS) is 1. The lowest BCUT2D eigenvalue weighted by atomic mass is 10.1. The fraction of sp³-hybridized carbons (Fsp3) is 0.467. The first kappa shape index (κ1) is 16.2. The predicted octanol–water partition coefficient (Wildman–Crippen LogP) is 1.81. The molecule has 1 rings (SSSR count). The van der Waals surface area contributed by atoms with Crippen LogP contribution >= 0.6 is 0 Å². The molecular weight excluding hydrogens is 258 g/mol. The smallest absolute Gasteiger partial charge is 0.307 e. The van der Waals surface area contributed by atoms with E-state index < -0.39 is 11.9 Å². The lowest BCUT2D eigenvalue weighted by Crippen LogP contribution is -2.34. The molecule has 0 fully saturated rings. The maximum absolute atomic E-state index is 11.3. The Bertz CT molecular complexity index is 455. The predicted molar refractivity (Wildman–Crippen MR) is 75.8 cm³/mol. The molecule has 0 spiro atoms. The van der Waals surface area contributed by atoms with Crippen LogP contribution in [0, 0.1) is 5.92 Å². The Morgan fingerprint density at radius 3 is 2.35 bits per heavy atom. The van der Waals surface area contributed by atoms with Gasteiger partial charge in [-0.2, -0.15) is 0 Å². The van der Waals surface area contributed by atoms with E-state index in [1.165, 1.54) is 6.92 Å². The van der Waals surface area contributed by atoms with E-state index in [9.17, 15) is 9.59 Å². The van der Waals surface area contributed by atoms with Crippen molar-refractivity contribution in [1.29, 1.82) is 0 Å². The average Bonchev–Trinajstić information content (AvgIpc) is 2.38. The molecule has 0 aliphatic rings. The third kappa shape index (κ3) is 5.40. The fourth-order valence-electron chi connectivity index (χ4n) is 1.95. The molecule has 110 valence electrons. The van der Waals surface area contributed by atoms with Gasteiger partial charge in [0.25, 0.3) is 0 Å². The summed E-state index contributed by atoms with van der Waals surface area (Å²) in [7, 11) is 1.60. The van der Waals surface area contributed by atoms with Crippen molar-refractivity contribution in [2.75, 3.05) is 20.2 Å². The van der Waals surface area contributed by atoms with Gasteiger partial charge in [-0.05, 0) is 24.6 Å². The summed E-state index contributed by atoms with van der Waals surface area (Å²) in [5, 5.41) is 8.97. The Balaban J connectivity index is 2.72. The highest BCUT2D eigenvalue weighted by Gasteiger charge is 2.17. The minimum atomic E-state index is -0.853. The third-order valence-corrected chi connectivity index (χ3v) is 2.97. The molecule has 1 unspecified atom stereocenters. The number of hydrogen-bond donors (Lipinski definition) is 1. The van der Waals surface area contributed by atoms with Crippen molar-refractivity contribution in [3.05, 3.63) is 29.8 Å². The Morgan fingerprint density at radius 2 is 1.90 bits per heavy atom. The summed E-state index contributed by atoms with van der Waals surface area (Å²) in [6.07, 6.45) is 0. The number of aliphatic carboxylic acids is 1. The van der Waals surface area contributed by atoms with Gasteiger partial charge in [-0.1, -0.05) is 19.1 Å². The fourth-order valence-corrected chi connectivity index (χ4v) is 1.95. The zero-order chi connectivity index (χ0) is 15.1. The van der Waals surface area contributed by atoms with Gasteiger partial charge >= 0.3 is 5.97 Å². The highest BCUT2D eigenvalue weighted by atomic mass is 16.5. The summed E-state index contributed by atoms with van der Waals surface area (Å²) in [4.78, 5) is 24.1. The SMILES string of the molecule is COc1ccc(CN(CC(C)=O)CC(C)C(=O)O)cc1.